The van der Waals surface area contributed by atoms with E-state index in [2.05, 4.69) is 32.1 Å². The second-order valence-electron chi connectivity index (χ2n) is 10.0. The first-order valence-corrected chi connectivity index (χ1v) is 13.1. The zero-order valence-corrected chi connectivity index (χ0v) is 21.1. The van der Waals surface area contributed by atoms with E-state index in [0.29, 0.717) is 6.54 Å². The number of methoxy groups -OCH3 is 1. The van der Waals surface area contributed by atoms with Crippen LogP contribution >= 0.6 is 0 Å². The molecule has 0 saturated carbocycles. The van der Waals surface area contributed by atoms with Gasteiger partial charge in [-0.25, -0.2) is 4.39 Å². The molecule has 7 nitrogen and oxygen atoms in total. The van der Waals surface area contributed by atoms with E-state index in [1.807, 2.05) is 18.2 Å². The number of piperazine rings is 1. The van der Waals surface area contributed by atoms with E-state index in [0.717, 1.165) is 83.2 Å². The lowest BCUT2D eigenvalue weighted by molar-refractivity contribution is -0.126. The molecular weight excluding hydrogens is 459 g/mol. The van der Waals surface area contributed by atoms with E-state index >= 15 is 0 Å². The standard InChI is InChI=1S/C28H37FN4O3/c1-35-24-8-5-22-17-25(28(34)30-9-2-10-31-13-15-36-16-14-31)27-20-32(11-12-33(27)26(22)18-24)19-21-3-6-23(29)7-4-21/h3-8,18,25,27H,2,9-17,19-20H2,1H3,(H,30,34). The number of hydrogen-bond donors (Lipinski definition) is 1. The number of carbonyl (C=O) groups is 1. The van der Waals surface area contributed by atoms with Crippen LogP contribution < -0.4 is 15.0 Å². The van der Waals surface area contributed by atoms with Crippen LogP contribution in [0.4, 0.5) is 10.1 Å². The van der Waals surface area contributed by atoms with Gasteiger partial charge in [0.1, 0.15) is 11.6 Å². The average molecular weight is 497 g/mol. The molecular formula is C28H37FN4O3. The van der Waals surface area contributed by atoms with Crippen LogP contribution in [0, 0.1) is 11.7 Å². The topological polar surface area (TPSA) is 57.3 Å². The maximum Gasteiger partial charge on any atom is 0.225 e. The zero-order valence-electron chi connectivity index (χ0n) is 21.1. The van der Waals surface area contributed by atoms with Crippen molar-refractivity contribution in [2.45, 2.75) is 25.4 Å². The molecule has 2 aromatic carbocycles. The van der Waals surface area contributed by atoms with Crippen molar-refractivity contribution in [3.8, 4) is 5.75 Å². The molecule has 36 heavy (non-hydrogen) atoms. The van der Waals surface area contributed by atoms with Gasteiger partial charge in [-0.05, 0) is 48.7 Å². The number of nitrogens with zero attached hydrogens (tertiary/aromatic N) is 3. The SMILES string of the molecule is COc1ccc2c(c1)N1CCN(Cc3ccc(F)cc3)CC1C(C(=O)NCCCN1CCOCC1)C2. The number of rotatable bonds is 8. The normalized spacial score (nSPS) is 22.6. The van der Waals surface area contributed by atoms with Crippen LogP contribution in [0.25, 0.3) is 0 Å². The first-order chi connectivity index (χ1) is 17.6. The Balaban J connectivity index is 1.27. The Kier molecular flexibility index (Phi) is 8.04. The third-order valence-corrected chi connectivity index (χ3v) is 7.72. The van der Waals surface area contributed by atoms with Crippen molar-refractivity contribution in [2.24, 2.45) is 5.92 Å². The Morgan fingerprint density at radius 3 is 2.67 bits per heavy atom. The first-order valence-electron chi connectivity index (χ1n) is 13.1. The zero-order chi connectivity index (χ0) is 24.9. The van der Waals surface area contributed by atoms with E-state index in [1.54, 1.807) is 7.11 Å². The third-order valence-electron chi connectivity index (χ3n) is 7.72. The lowest BCUT2D eigenvalue weighted by Crippen LogP contribution is -2.61. The molecule has 2 atom stereocenters. The summed E-state index contributed by atoms with van der Waals surface area (Å²) < 4.78 is 24.3. The molecule has 3 aliphatic heterocycles. The summed E-state index contributed by atoms with van der Waals surface area (Å²) in [6.45, 7) is 8.48. The highest BCUT2D eigenvalue weighted by Crippen LogP contribution is 2.38. The highest BCUT2D eigenvalue weighted by atomic mass is 19.1. The predicted molar refractivity (Wildman–Crippen MR) is 138 cm³/mol. The number of carbonyl (C=O) groups excluding carboxylic acids is 1. The minimum atomic E-state index is -0.216. The molecule has 1 amide bonds. The van der Waals surface area contributed by atoms with E-state index in [9.17, 15) is 9.18 Å². The molecule has 2 unspecified atom stereocenters. The fourth-order valence-electron chi connectivity index (χ4n) is 5.73. The molecule has 0 radical (unpaired) electrons. The van der Waals surface area contributed by atoms with Crippen LogP contribution in [-0.2, 0) is 22.5 Å². The van der Waals surface area contributed by atoms with Crippen LogP contribution in [0.2, 0.25) is 0 Å². The molecule has 2 fully saturated rings. The molecule has 194 valence electrons. The fourth-order valence-corrected chi connectivity index (χ4v) is 5.73. The number of ether oxygens (including phenoxy) is 2. The second kappa shape index (κ2) is 11.6. The maximum atomic E-state index is 13.5. The van der Waals surface area contributed by atoms with Gasteiger partial charge in [-0.15, -0.1) is 0 Å². The summed E-state index contributed by atoms with van der Waals surface area (Å²) in [6, 6.07) is 13.0. The van der Waals surface area contributed by atoms with Gasteiger partial charge in [0.2, 0.25) is 5.91 Å². The second-order valence-corrected chi connectivity index (χ2v) is 10.0. The summed E-state index contributed by atoms with van der Waals surface area (Å²) in [5.74, 6) is 0.640. The van der Waals surface area contributed by atoms with Gasteiger partial charge in [0.25, 0.3) is 0 Å². The molecule has 3 aliphatic rings. The molecule has 2 aromatic rings. The van der Waals surface area contributed by atoms with Crippen molar-refractivity contribution in [3.63, 3.8) is 0 Å². The Labute approximate surface area is 213 Å². The van der Waals surface area contributed by atoms with Gasteiger partial charge in [0.05, 0.1) is 32.3 Å². The van der Waals surface area contributed by atoms with Crippen LogP contribution in [0.1, 0.15) is 17.5 Å². The highest BCUT2D eigenvalue weighted by Gasteiger charge is 2.41. The largest absolute Gasteiger partial charge is 0.497 e. The number of benzene rings is 2. The van der Waals surface area contributed by atoms with Crippen LogP contribution in [-0.4, -0.2) is 87.9 Å². The summed E-state index contributed by atoms with van der Waals surface area (Å²) >= 11 is 0. The van der Waals surface area contributed by atoms with Crippen molar-refractivity contribution in [2.75, 3.05) is 71.0 Å². The van der Waals surface area contributed by atoms with Crippen LogP contribution in [0.5, 0.6) is 5.75 Å². The number of halogens is 1. The third kappa shape index (κ3) is 5.82. The van der Waals surface area contributed by atoms with E-state index < -0.39 is 0 Å². The lowest BCUT2D eigenvalue weighted by atomic mass is 9.83. The smallest absolute Gasteiger partial charge is 0.225 e. The van der Waals surface area contributed by atoms with Crippen molar-refractivity contribution < 1.29 is 18.7 Å². The van der Waals surface area contributed by atoms with Gasteiger partial charge in [0.15, 0.2) is 0 Å². The molecule has 3 heterocycles. The molecule has 2 saturated heterocycles. The minimum Gasteiger partial charge on any atom is -0.497 e. The minimum absolute atomic E-state index is 0.0815. The van der Waals surface area contributed by atoms with Gasteiger partial charge in [-0.1, -0.05) is 18.2 Å². The molecule has 8 heteroatoms. The number of amides is 1. The Morgan fingerprint density at radius 1 is 1.08 bits per heavy atom. The number of fused-ring (bicyclic) bond motifs is 3. The average Bonchev–Trinajstić information content (AvgIpc) is 2.92. The van der Waals surface area contributed by atoms with E-state index in [-0.39, 0.29) is 23.7 Å². The Hall–Kier alpha value is -2.68. The summed E-state index contributed by atoms with van der Waals surface area (Å²) in [5, 5.41) is 3.24. The van der Waals surface area contributed by atoms with Gasteiger partial charge in [-0.2, -0.15) is 0 Å². The predicted octanol–water partition coefficient (Wildman–Crippen LogP) is 2.54. The summed E-state index contributed by atoms with van der Waals surface area (Å²) in [6.07, 6.45) is 1.66. The van der Waals surface area contributed by atoms with Gasteiger partial charge < -0.3 is 19.7 Å². The van der Waals surface area contributed by atoms with E-state index in [1.165, 1.54) is 23.4 Å². The summed E-state index contributed by atoms with van der Waals surface area (Å²) in [7, 11) is 1.69. The highest BCUT2D eigenvalue weighted by molar-refractivity contribution is 5.82. The van der Waals surface area contributed by atoms with Gasteiger partial charge in [-0.3, -0.25) is 14.6 Å². The Morgan fingerprint density at radius 2 is 1.89 bits per heavy atom. The van der Waals surface area contributed by atoms with Crippen molar-refractivity contribution in [1.82, 2.24) is 15.1 Å². The molecule has 0 aromatic heterocycles. The van der Waals surface area contributed by atoms with Crippen molar-refractivity contribution >= 4 is 11.6 Å². The number of anilines is 1. The van der Waals surface area contributed by atoms with Gasteiger partial charge in [0, 0.05) is 57.6 Å². The van der Waals surface area contributed by atoms with E-state index in [4.69, 9.17) is 9.47 Å². The molecule has 0 spiro atoms. The van der Waals surface area contributed by atoms with Crippen LogP contribution in [0.15, 0.2) is 42.5 Å². The quantitative estimate of drug-likeness (QED) is 0.567. The van der Waals surface area contributed by atoms with Crippen LogP contribution in [0.3, 0.4) is 0 Å². The summed E-state index contributed by atoms with van der Waals surface area (Å²) in [4.78, 5) is 20.7. The number of morpholine rings is 1. The van der Waals surface area contributed by atoms with Crippen molar-refractivity contribution in [3.05, 3.63) is 59.4 Å². The fraction of sp³-hybridized carbons (Fsp3) is 0.536. The molecule has 0 bridgehead atoms. The first kappa shape index (κ1) is 25.0. The van der Waals surface area contributed by atoms with Crippen molar-refractivity contribution in [1.29, 1.82) is 0 Å². The maximum absolute atomic E-state index is 13.5. The molecule has 1 N–H and O–H groups in total. The number of hydrogen-bond acceptors (Lipinski definition) is 6. The molecule has 5 rings (SSSR count). The number of nitrogens with one attached hydrogen (secondary N) is 1. The molecule has 0 aliphatic carbocycles. The monoisotopic (exact) mass is 496 g/mol. The lowest BCUT2D eigenvalue weighted by Gasteiger charge is -2.49. The van der Waals surface area contributed by atoms with Gasteiger partial charge >= 0.3 is 0 Å². The Bertz CT molecular complexity index is 1030. The summed E-state index contributed by atoms with van der Waals surface area (Å²) in [5.41, 5.74) is 3.47.